The van der Waals surface area contributed by atoms with E-state index in [1.165, 1.54) is 0 Å². The Morgan fingerprint density at radius 3 is 2.78 bits per heavy atom. The third-order valence-corrected chi connectivity index (χ3v) is 0.526. The second kappa shape index (κ2) is 4.11. The molecule has 0 heterocycles. The maximum atomic E-state index is 9.84. The van der Waals surface area contributed by atoms with Crippen LogP contribution in [0.25, 0.3) is 0 Å². The van der Waals surface area contributed by atoms with Crippen LogP contribution >= 0.6 is 0 Å². The average molecular weight is 135 g/mol. The Balaban J connectivity index is 3.26. The highest BCUT2D eigenvalue weighted by Gasteiger charge is 2.04. The van der Waals surface area contributed by atoms with Crippen molar-refractivity contribution in [2.24, 2.45) is 5.73 Å². The third kappa shape index (κ3) is 5.05. The maximum Gasteiger partial charge on any atom is 0.408 e. The summed E-state index contributed by atoms with van der Waals surface area (Å²) in [7, 11) is 0. The predicted molar refractivity (Wildman–Crippen MR) is 28.3 cm³/mol. The molecule has 3 N–H and O–H groups in total. The van der Waals surface area contributed by atoms with Crippen molar-refractivity contribution in [3.63, 3.8) is 0 Å². The van der Waals surface area contributed by atoms with Gasteiger partial charge in [-0.05, 0) is 6.92 Å². The first-order valence-electron chi connectivity index (χ1n) is 2.42. The van der Waals surface area contributed by atoms with Crippen LogP contribution in [0.3, 0.4) is 0 Å². The molecule has 0 aromatic rings. The van der Waals surface area contributed by atoms with Crippen LogP contribution in [0.5, 0.6) is 0 Å². The highest BCUT2D eigenvalue weighted by atomic mass is 16.8. The minimum Gasteiger partial charge on any atom is -0.394 e. The number of amides is 1. The van der Waals surface area contributed by atoms with E-state index in [1.807, 2.05) is 0 Å². The lowest BCUT2D eigenvalue weighted by Crippen LogP contribution is -2.24. The van der Waals surface area contributed by atoms with Crippen molar-refractivity contribution in [3.05, 3.63) is 0 Å². The van der Waals surface area contributed by atoms with Gasteiger partial charge in [0.25, 0.3) is 0 Å². The lowest BCUT2D eigenvalue weighted by atomic mass is 10.9. The Morgan fingerprint density at radius 1 is 1.89 bits per heavy atom. The summed E-state index contributed by atoms with van der Waals surface area (Å²) < 4.78 is 8.35. The van der Waals surface area contributed by atoms with E-state index in [2.05, 4.69) is 15.2 Å². The van der Waals surface area contributed by atoms with Crippen molar-refractivity contribution in [2.75, 3.05) is 6.61 Å². The molecule has 54 valence electrons. The van der Waals surface area contributed by atoms with Crippen LogP contribution in [0.2, 0.25) is 0 Å². The molecule has 0 fully saturated rings. The second-order valence-corrected chi connectivity index (χ2v) is 1.20. The number of primary amides is 1. The minimum atomic E-state index is -1.53. The molecule has 1 unspecified atom stereocenters. The molecular formula is C4H9NO4. The van der Waals surface area contributed by atoms with Gasteiger partial charge in [-0.15, -0.1) is 0 Å². The first-order chi connectivity index (χ1) is 4.16. The van der Waals surface area contributed by atoms with Gasteiger partial charge in [-0.1, -0.05) is 0 Å². The number of carbonyl (C=O) groups is 1. The van der Waals surface area contributed by atoms with Crippen LogP contribution < -0.4 is 5.73 Å². The molecule has 0 saturated carbocycles. The standard InChI is InChI=1S/C4H9NO4/c1-2-8-4(7)9-3(5)6/h4,7H,2H2,1H3,(H2,5,6). The fraction of sp³-hybridized carbons (Fsp3) is 0.750. The molecule has 5 nitrogen and oxygen atoms in total. The smallest absolute Gasteiger partial charge is 0.394 e. The number of hydrogen-bond acceptors (Lipinski definition) is 4. The van der Waals surface area contributed by atoms with E-state index in [0.29, 0.717) is 0 Å². The van der Waals surface area contributed by atoms with Gasteiger partial charge in [0.15, 0.2) is 0 Å². The van der Waals surface area contributed by atoms with Crippen molar-refractivity contribution in [1.29, 1.82) is 0 Å². The molecule has 0 aliphatic heterocycles. The van der Waals surface area contributed by atoms with Gasteiger partial charge in [-0.2, -0.15) is 0 Å². The number of aliphatic hydroxyl groups is 1. The van der Waals surface area contributed by atoms with Crippen LogP contribution in [-0.2, 0) is 9.47 Å². The molecule has 0 aromatic carbocycles. The van der Waals surface area contributed by atoms with E-state index >= 15 is 0 Å². The minimum absolute atomic E-state index is 0.258. The Hall–Kier alpha value is -0.810. The van der Waals surface area contributed by atoms with Crippen LogP contribution in [0.1, 0.15) is 6.92 Å². The predicted octanol–water partition coefficient (Wildman–Crippen LogP) is -0.606. The fourth-order valence-corrected chi connectivity index (χ4v) is 0.276. The summed E-state index contributed by atoms with van der Waals surface area (Å²) in [5, 5.41) is 8.47. The molecular weight excluding hydrogens is 126 g/mol. The van der Waals surface area contributed by atoms with Crippen LogP contribution in [-0.4, -0.2) is 24.3 Å². The van der Waals surface area contributed by atoms with Gasteiger partial charge in [0.2, 0.25) is 0 Å². The Bertz CT molecular complexity index is 94.6. The van der Waals surface area contributed by atoms with E-state index in [-0.39, 0.29) is 6.61 Å². The van der Waals surface area contributed by atoms with E-state index in [0.717, 1.165) is 0 Å². The van der Waals surface area contributed by atoms with Gasteiger partial charge in [-0.3, -0.25) is 0 Å². The zero-order valence-corrected chi connectivity index (χ0v) is 5.03. The van der Waals surface area contributed by atoms with Crippen LogP contribution in [0, 0.1) is 0 Å². The molecule has 0 aliphatic rings. The highest BCUT2D eigenvalue weighted by Crippen LogP contribution is 1.87. The van der Waals surface area contributed by atoms with Crippen LogP contribution in [0.4, 0.5) is 4.79 Å². The van der Waals surface area contributed by atoms with Gasteiger partial charge in [0.1, 0.15) is 0 Å². The van der Waals surface area contributed by atoms with E-state index in [9.17, 15) is 4.79 Å². The fourth-order valence-electron chi connectivity index (χ4n) is 0.276. The molecule has 0 rings (SSSR count). The number of nitrogens with two attached hydrogens (primary N) is 1. The summed E-state index contributed by atoms with van der Waals surface area (Å²) in [5.41, 5.74) is 4.52. The third-order valence-electron chi connectivity index (χ3n) is 0.526. The molecule has 1 atom stereocenters. The van der Waals surface area contributed by atoms with Crippen molar-refractivity contribution < 1.29 is 19.4 Å². The summed E-state index contributed by atoms with van der Waals surface area (Å²) in [6, 6.07) is 0. The molecule has 1 amide bonds. The average Bonchev–Trinajstić information content (AvgIpc) is 1.63. The molecule has 9 heavy (non-hydrogen) atoms. The normalized spacial score (nSPS) is 12.7. The summed E-state index contributed by atoms with van der Waals surface area (Å²) in [6.07, 6.45) is -1.06. The van der Waals surface area contributed by atoms with Gasteiger partial charge >= 0.3 is 12.6 Å². The monoisotopic (exact) mass is 135 g/mol. The molecule has 0 saturated heterocycles. The topological polar surface area (TPSA) is 81.8 Å². The molecule has 0 spiro atoms. The Kier molecular flexibility index (Phi) is 3.74. The number of carbonyl (C=O) groups excluding carboxylic acids is 1. The Morgan fingerprint density at radius 2 is 2.44 bits per heavy atom. The number of hydrogen-bond donors (Lipinski definition) is 2. The molecule has 0 aliphatic carbocycles. The summed E-state index contributed by atoms with van der Waals surface area (Å²) in [4.78, 5) is 9.84. The summed E-state index contributed by atoms with van der Waals surface area (Å²) >= 11 is 0. The van der Waals surface area contributed by atoms with Crippen molar-refractivity contribution in [1.82, 2.24) is 0 Å². The zero-order valence-electron chi connectivity index (χ0n) is 5.03. The van der Waals surface area contributed by atoms with Gasteiger partial charge in [-0.25, -0.2) is 4.79 Å². The molecule has 0 aromatic heterocycles. The Labute approximate surface area is 52.4 Å². The first kappa shape index (κ1) is 8.19. The van der Waals surface area contributed by atoms with Crippen molar-refractivity contribution in [3.8, 4) is 0 Å². The second-order valence-electron chi connectivity index (χ2n) is 1.20. The summed E-state index contributed by atoms with van der Waals surface area (Å²) in [5.74, 6) is 0. The van der Waals surface area contributed by atoms with Crippen molar-refractivity contribution >= 4 is 6.09 Å². The van der Waals surface area contributed by atoms with E-state index < -0.39 is 12.6 Å². The summed E-state index contributed by atoms with van der Waals surface area (Å²) in [6.45, 7) is 0.370. The van der Waals surface area contributed by atoms with E-state index in [1.54, 1.807) is 6.92 Å². The lowest BCUT2D eigenvalue weighted by molar-refractivity contribution is -0.228. The number of aliphatic hydroxyl groups excluding tert-OH is 1. The number of rotatable bonds is 3. The first-order valence-corrected chi connectivity index (χ1v) is 2.42. The SMILES string of the molecule is CCOC(O)OC(N)=O. The highest BCUT2D eigenvalue weighted by molar-refractivity contribution is 5.64. The van der Waals surface area contributed by atoms with Crippen molar-refractivity contribution in [2.45, 2.75) is 13.4 Å². The molecule has 5 heteroatoms. The van der Waals surface area contributed by atoms with Crippen LogP contribution in [0.15, 0.2) is 0 Å². The quantitative estimate of drug-likeness (QED) is 0.506. The zero-order chi connectivity index (χ0) is 7.28. The lowest BCUT2D eigenvalue weighted by Gasteiger charge is -2.07. The number of ether oxygens (including phenoxy) is 2. The van der Waals surface area contributed by atoms with Gasteiger partial charge in [0.05, 0.1) is 6.61 Å². The van der Waals surface area contributed by atoms with E-state index in [4.69, 9.17) is 5.11 Å². The molecule has 0 bridgehead atoms. The maximum absolute atomic E-state index is 9.84. The van der Waals surface area contributed by atoms with Gasteiger partial charge in [0, 0.05) is 0 Å². The molecule has 0 radical (unpaired) electrons. The van der Waals surface area contributed by atoms with Gasteiger partial charge < -0.3 is 20.3 Å². The largest absolute Gasteiger partial charge is 0.408 e.